The van der Waals surface area contributed by atoms with Gasteiger partial charge in [0, 0.05) is 0 Å². The number of aromatic carboxylic acids is 1. The van der Waals surface area contributed by atoms with Crippen LogP contribution in [0.4, 0.5) is 11.4 Å². The van der Waals surface area contributed by atoms with Gasteiger partial charge in [-0.05, 0) is 0 Å². The summed E-state index contributed by atoms with van der Waals surface area (Å²) in [6, 6.07) is 1.08. The van der Waals surface area contributed by atoms with Crippen molar-refractivity contribution in [2.24, 2.45) is 0 Å². The standard InChI is InChI=1S/C7H4N2O7/c10-3-1-4(8(13)14)6(7(11)12)5(2-3)9(15)16/h1-2,10H,(H,11,12). The van der Waals surface area contributed by atoms with Crippen LogP contribution in [0.1, 0.15) is 10.4 Å². The molecule has 0 atom stereocenters. The molecule has 9 heteroatoms. The summed E-state index contributed by atoms with van der Waals surface area (Å²) in [7, 11) is 0. The van der Waals surface area contributed by atoms with Crippen molar-refractivity contribution in [2.45, 2.75) is 0 Å². The van der Waals surface area contributed by atoms with Crippen molar-refractivity contribution in [2.75, 3.05) is 0 Å². The van der Waals surface area contributed by atoms with E-state index in [9.17, 15) is 25.0 Å². The Bertz CT molecular complexity index is 461. The van der Waals surface area contributed by atoms with Crippen LogP contribution in [0, 0.1) is 20.2 Å². The number of phenolic OH excluding ortho intramolecular Hbond substituents is 1. The van der Waals surface area contributed by atoms with Crippen LogP contribution in [0.25, 0.3) is 0 Å². The number of phenols is 1. The topological polar surface area (TPSA) is 144 Å². The van der Waals surface area contributed by atoms with Crippen LogP contribution in [0.2, 0.25) is 0 Å². The molecule has 0 aliphatic rings. The van der Waals surface area contributed by atoms with E-state index in [0.717, 1.165) is 0 Å². The molecule has 0 unspecified atom stereocenters. The molecule has 0 aliphatic heterocycles. The zero-order valence-electron chi connectivity index (χ0n) is 7.48. The second-order valence-corrected chi connectivity index (χ2v) is 2.68. The second kappa shape index (κ2) is 3.81. The highest BCUT2D eigenvalue weighted by Gasteiger charge is 2.31. The third-order valence-electron chi connectivity index (χ3n) is 1.69. The summed E-state index contributed by atoms with van der Waals surface area (Å²) in [5, 5.41) is 38.6. The molecule has 1 aromatic rings. The Morgan fingerprint density at radius 3 is 1.75 bits per heavy atom. The number of carboxylic acid groups (broad SMARTS) is 1. The number of nitro benzene ring substituents is 2. The summed E-state index contributed by atoms with van der Waals surface area (Å²) in [5.74, 6) is -2.55. The molecule has 84 valence electrons. The van der Waals surface area contributed by atoms with Crippen molar-refractivity contribution >= 4 is 17.3 Å². The molecule has 2 N–H and O–H groups in total. The monoisotopic (exact) mass is 228 g/mol. The minimum atomic E-state index is -1.81. The minimum absolute atomic E-state index is 0.538. The number of carbonyl (C=O) groups is 1. The predicted molar refractivity (Wildman–Crippen MR) is 48.4 cm³/mol. The lowest BCUT2D eigenvalue weighted by molar-refractivity contribution is -0.394. The van der Waals surface area contributed by atoms with Gasteiger partial charge < -0.3 is 10.2 Å². The van der Waals surface area contributed by atoms with Gasteiger partial charge in [0.15, 0.2) is 0 Å². The van der Waals surface area contributed by atoms with Crippen molar-refractivity contribution in [1.29, 1.82) is 0 Å². The predicted octanol–water partition coefficient (Wildman–Crippen LogP) is 0.907. The lowest BCUT2D eigenvalue weighted by Gasteiger charge is -2.00. The van der Waals surface area contributed by atoms with Gasteiger partial charge in [-0.15, -0.1) is 0 Å². The SMILES string of the molecule is O=C(O)c1c([N+](=O)[O-])cc(O)cc1[N+](=O)[O-]. The van der Waals surface area contributed by atoms with Gasteiger partial charge in [0.1, 0.15) is 5.75 Å². The number of nitrogens with zero attached hydrogens (tertiary/aromatic N) is 2. The van der Waals surface area contributed by atoms with E-state index in [1.807, 2.05) is 0 Å². The van der Waals surface area contributed by atoms with Crippen LogP contribution in [0.15, 0.2) is 12.1 Å². The maximum absolute atomic E-state index is 10.7. The quantitative estimate of drug-likeness (QED) is 0.577. The van der Waals surface area contributed by atoms with Gasteiger partial charge in [-0.3, -0.25) is 20.2 Å². The number of rotatable bonds is 3. The van der Waals surface area contributed by atoms with Crippen LogP contribution >= 0.6 is 0 Å². The van der Waals surface area contributed by atoms with E-state index in [1.54, 1.807) is 0 Å². The minimum Gasteiger partial charge on any atom is -0.507 e. The van der Waals surface area contributed by atoms with Gasteiger partial charge >= 0.3 is 5.97 Å². The van der Waals surface area contributed by atoms with Crippen molar-refractivity contribution in [1.82, 2.24) is 0 Å². The number of aromatic hydroxyl groups is 1. The maximum atomic E-state index is 10.7. The first kappa shape index (κ1) is 11.4. The molecule has 0 bridgehead atoms. The molecule has 0 saturated carbocycles. The Balaban J connectivity index is 3.67. The molecule has 0 aromatic heterocycles. The Labute approximate surface area is 86.9 Å². The number of benzene rings is 1. The smallest absolute Gasteiger partial charge is 0.349 e. The normalized spacial score (nSPS) is 9.75. The zero-order chi connectivity index (χ0) is 12.5. The molecule has 0 spiro atoms. The van der Waals surface area contributed by atoms with Crippen LogP contribution < -0.4 is 0 Å². The summed E-state index contributed by atoms with van der Waals surface area (Å²) >= 11 is 0. The summed E-state index contributed by atoms with van der Waals surface area (Å²) in [6.45, 7) is 0. The number of carboxylic acids is 1. The van der Waals surface area contributed by atoms with Gasteiger partial charge in [-0.1, -0.05) is 0 Å². The molecule has 0 radical (unpaired) electrons. The summed E-state index contributed by atoms with van der Waals surface area (Å²) in [5.41, 5.74) is -3.12. The number of hydrogen-bond donors (Lipinski definition) is 2. The van der Waals surface area contributed by atoms with Crippen LogP contribution in [0.5, 0.6) is 5.75 Å². The van der Waals surface area contributed by atoms with E-state index in [1.165, 1.54) is 0 Å². The van der Waals surface area contributed by atoms with Crippen molar-refractivity contribution in [3.8, 4) is 5.75 Å². The molecule has 16 heavy (non-hydrogen) atoms. The maximum Gasteiger partial charge on any atom is 0.349 e. The number of nitro groups is 2. The van der Waals surface area contributed by atoms with E-state index in [2.05, 4.69) is 0 Å². The second-order valence-electron chi connectivity index (χ2n) is 2.68. The first-order valence-electron chi connectivity index (χ1n) is 3.73. The Morgan fingerprint density at radius 2 is 1.50 bits per heavy atom. The molecule has 0 saturated heterocycles. The van der Waals surface area contributed by atoms with Gasteiger partial charge in [-0.2, -0.15) is 0 Å². The molecule has 0 amide bonds. The van der Waals surface area contributed by atoms with E-state index in [4.69, 9.17) is 10.2 Å². The summed E-state index contributed by atoms with van der Waals surface area (Å²) in [6.07, 6.45) is 0. The van der Waals surface area contributed by atoms with Crippen molar-refractivity contribution < 1.29 is 24.9 Å². The molecular formula is C7H4N2O7. The van der Waals surface area contributed by atoms with E-state index < -0.39 is 38.5 Å². The highest BCUT2D eigenvalue weighted by atomic mass is 16.6. The van der Waals surface area contributed by atoms with E-state index in [0.29, 0.717) is 12.1 Å². The summed E-state index contributed by atoms with van der Waals surface area (Å²) in [4.78, 5) is 29.4. The molecule has 0 fully saturated rings. The van der Waals surface area contributed by atoms with E-state index >= 15 is 0 Å². The molecular weight excluding hydrogens is 224 g/mol. The fraction of sp³-hybridized carbons (Fsp3) is 0. The van der Waals surface area contributed by atoms with Gasteiger partial charge in [-0.25, -0.2) is 4.79 Å². The van der Waals surface area contributed by atoms with Gasteiger partial charge in [0.2, 0.25) is 5.56 Å². The molecule has 0 aliphatic carbocycles. The Kier molecular flexibility index (Phi) is 2.70. The van der Waals surface area contributed by atoms with Crippen LogP contribution in [0.3, 0.4) is 0 Å². The van der Waals surface area contributed by atoms with Crippen LogP contribution in [-0.4, -0.2) is 26.0 Å². The average Bonchev–Trinajstić information content (AvgIpc) is 2.15. The van der Waals surface area contributed by atoms with Gasteiger partial charge in [0.25, 0.3) is 11.4 Å². The average molecular weight is 228 g/mol. The Morgan fingerprint density at radius 1 is 1.12 bits per heavy atom. The lowest BCUT2D eigenvalue weighted by Crippen LogP contribution is -2.06. The first-order valence-corrected chi connectivity index (χ1v) is 3.73. The first-order chi connectivity index (χ1) is 7.34. The number of hydrogen-bond acceptors (Lipinski definition) is 6. The third kappa shape index (κ3) is 1.87. The van der Waals surface area contributed by atoms with Crippen molar-refractivity contribution in [3.63, 3.8) is 0 Å². The third-order valence-corrected chi connectivity index (χ3v) is 1.69. The highest BCUT2D eigenvalue weighted by Crippen LogP contribution is 2.32. The fourth-order valence-corrected chi connectivity index (χ4v) is 1.10. The molecule has 1 rings (SSSR count). The molecule has 0 heterocycles. The summed E-state index contributed by atoms with van der Waals surface area (Å²) < 4.78 is 0. The van der Waals surface area contributed by atoms with Crippen molar-refractivity contribution in [3.05, 3.63) is 37.9 Å². The fourth-order valence-electron chi connectivity index (χ4n) is 1.10. The Hall–Kier alpha value is -2.71. The lowest BCUT2D eigenvalue weighted by atomic mass is 10.1. The highest BCUT2D eigenvalue weighted by molar-refractivity contribution is 5.97. The largest absolute Gasteiger partial charge is 0.507 e. The zero-order valence-corrected chi connectivity index (χ0v) is 7.48. The molecule has 9 nitrogen and oxygen atoms in total. The van der Waals surface area contributed by atoms with Gasteiger partial charge in [0.05, 0.1) is 22.0 Å². The molecule has 1 aromatic carbocycles. The van der Waals surface area contributed by atoms with Crippen LogP contribution in [-0.2, 0) is 0 Å². The van der Waals surface area contributed by atoms with E-state index in [-0.39, 0.29) is 0 Å².